The third-order valence-corrected chi connectivity index (χ3v) is 3.73. The topological polar surface area (TPSA) is 49.3 Å². The van der Waals surface area contributed by atoms with Crippen molar-refractivity contribution in [2.45, 2.75) is 38.2 Å². The van der Waals surface area contributed by atoms with Gasteiger partial charge in [0.25, 0.3) is 0 Å². The maximum atomic E-state index is 11.9. The summed E-state index contributed by atoms with van der Waals surface area (Å²) in [5.74, 6) is 0.236. The minimum Gasteiger partial charge on any atom is -0.384 e. The molecule has 1 aromatic rings. The van der Waals surface area contributed by atoms with Gasteiger partial charge in [0.1, 0.15) is 5.60 Å². The molecule has 0 bridgehead atoms. The van der Waals surface area contributed by atoms with Crippen LogP contribution in [-0.2, 0) is 10.4 Å². The van der Waals surface area contributed by atoms with Gasteiger partial charge in [-0.15, -0.1) is 0 Å². The standard InChI is InChI=1S/C15H21NO2/c1-15(18,13-9-3-2-4-10-13)11-16-14(17)12-7-5-6-8-12/h2-4,9-10,12,18H,5-8,11H2,1H3,(H,16,17). The van der Waals surface area contributed by atoms with Gasteiger partial charge in [0, 0.05) is 5.92 Å². The zero-order valence-corrected chi connectivity index (χ0v) is 10.9. The Bertz CT molecular complexity index is 394. The first kappa shape index (κ1) is 13.1. The van der Waals surface area contributed by atoms with Crippen LogP contribution in [0.4, 0.5) is 0 Å². The van der Waals surface area contributed by atoms with Crippen molar-refractivity contribution in [3.63, 3.8) is 0 Å². The summed E-state index contributed by atoms with van der Waals surface area (Å²) in [7, 11) is 0. The summed E-state index contributed by atoms with van der Waals surface area (Å²) >= 11 is 0. The zero-order chi connectivity index (χ0) is 13.0. The molecular formula is C15H21NO2. The number of hydrogen-bond acceptors (Lipinski definition) is 2. The summed E-state index contributed by atoms with van der Waals surface area (Å²) in [5, 5.41) is 13.2. The number of carbonyl (C=O) groups excluding carboxylic acids is 1. The summed E-state index contributed by atoms with van der Waals surface area (Å²) in [6.07, 6.45) is 4.26. The Labute approximate surface area is 108 Å². The highest BCUT2D eigenvalue weighted by atomic mass is 16.3. The van der Waals surface area contributed by atoms with Gasteiger partial charge in [0.2, 0.25) is 5.91 Å². The van der Waals surface area contributed by atoms with Crippen molar-refractivity contribution in [1.82, 2.24) is 5.32 Å². The normalized spacial score (nSPS) is 19.4. The van der Waals surface area contributed by atoms with E-state index < -0.39 is 5.60 Å². The molecule has 0 radical (unpaired) electrons. The van der Waals surface area contributed by atoms with Crippen LogP contribution in [0.2, 0.25) is 0 Å². The van der Waals surface area contributed by atoms with E-state index in [1.54, 1.807) is 6.92 Å². The van der Waals surface area contributed by atoms with E-state index in [4.69, 9.17) is 0 Å². The fraction of sp³-hybridized carbons (Fsp3) is 0.533. The summed E-state index contributed by atoms with van der Waals surface area (Å²) in [5.41, 5.74) is -0.174. The first-order valence-electron chi connectivity index (χ1n) is 6.65. The SMILES string of the molecule is CC(O)(CNC(=O)C1CCCC1)c1ccccc1. The summed E-state index contributed by atoms with van der Waals surface area (Å²) in [6, 6.07) is 9.45. The monoisotopic (exact) mass is 247 g/mol. The number of carbonyl (C=O) groups is 1. The number of amides is 1. The molecule has 1 unspecified atom stereocenters. The van der Waals surface area contributed by atoms with Crippen LogP contribution in [0.25, 0.3) is 0 Å². The number of rotatable bonds is 4. The van der Waals surface area contributed by atoms with Crippen molar-refractivity contribution in [3.05, 3.63) is 35.9 Å². The Morgan fingerprint density at radius 1 is 1.33 bits per heavy atom. The Balaban J connectivity index is 1.90. The lowest BCUT2D eigenvalue weighted by molar-refractivity contribution is -0.126. The molecule has 1 aliphatic carbocycles. The van der Waals surface area contributed by atoms with Crippen LogP contribution >= 0.6 is 0 Å². The summed E-state index contributed by atoms with van der Waals surface area (Å²) in [4.78, 5) is 11.9. The second-order valence-electron chi connectivity index (χ2n) is 5.34. The van der Waals surface area contributed by atoms with Gasteiger partial charge in [-0.1, -0.05) is 43.2 Å². The van der Waals surface area contributed by atoms with E-state index >= 15 is 0 Å². The first-order chi connectivity index (χ1) is 8.59. The van der Waals surface area contributed by atoms with E-state index in [1.807, 2.05) is 30.3 Å². The zero-order valence-electron chi connectivity index (χ0n) is 10.9. The van der Waals surface area contributed by atoms with Crippen molar-refractivity contribution in [2.75, 3.05) is 6.54 Å². The van der Waals surface area contributed by atoms with Gasteiger partial charge in [-0.2, -0.15) is 0 Å². The average molecular weight is 247 g/mol. The Morgan fingerprint density at radius 3 is 2.56 bits per heavy atom. The largest absolute Gasteiger partial charge is 0.384 e. The van der Waals surface area contributed by atoms with E-state index in [0.717, 1.165) is 31.2 Å². The highest BCUT2D eigenvalue weighted by Gasteiger charge is 2.27. The van der Waals surface area contributed by atoms with E-state index in [1.165, 1.54) is 0 Å². The van der Waals surface area contributed by atoms with Crippen LogP contribution in [-0.4, -0.2) is 17.6 Å². The predicted octanol–water partition coefficient (Wildman–Crippen LogP) is 2.20. The number of nitrogens with one attached hydrogen (secondary N) is 1. The molecule has 98 valence electrons. The molecule has 18 heavy (non-hydrogen) atoms. The quantitative estimate of drug-likeness (QED) is 0.857. The van der Waals surface area contributed by atoms with E-state index in [-0.39, 0.29) is 18.4 Å². The van der Waals surface area contributed by atoms with Crippen LogP contribution in [0, 0.1) is 5.92 Å². The van der Waals surface area contributed by atoms with Gasteiger partial charge in [-0.05, 0) is 25.3 Å². The molecule has 0 aliphatic heterocycles. The lowest BCUT2D eigenvalue weighted by Crippen LogP contribution is -2.40. The molecule has 0 saturated heterocycles. The number of aliphatic hydroxyl groups is 1. The number of hydrogen-bond donors (Lipinski definition) is 2. The van der Waals surface area contributed by atoms with Gasteiger partial charge >= 0.3 is 0 Å². The summed E-state index contributed by atoms with van der Waals surface area (Å²) < 4.78 is 0. The molecule has 0 aromatic heterocycles. The van der Waals surface area contributed by atoms with Crippen LogP contribution in [0.15, 0.2) is 30.3 Å². The van der Waals surface area contributed by atoms with Crippen LogP contribution in [0.5, 0.6) is 0 Å². The van der Waals surface area contributed by atoms with Crippen molar-refractivity contribution < 1.29 is 9.90 Å². The highest BCUT2D eigenvalue weighted by molar-refractivity contribution is 5.78. The van der Waals surface area contributed by atoms with E-state index in [2.05, 4.69) is 5.32 Å². The van der Waals surface area contributed by atoms with Crippen LogP contribution in [0.1, 0.15) is 38.2 Å². The lowest BCUT2D eigenvalue weighted by Gasteiger charge is -2.25. The van der Waals surface area contributed by atoms with Gasteiger partial charge in [-0.25, -0.2) is 0 Å². The second kappa shape index (κ2) is 5.53. The van der Waals surface area contributed by atoms with Gasteiger partial charge < -0.3 is 10.4 Å². The van der Waals surface area contributed by atoms with Crippen molar-refractivity contribution >= 4 is 5.91 Å². The second-order valence-corrected chi connectivity index (χ2v) is 5.34. The smallest absolute Gasteiger partial charge is 0.223 e. The first-order valence-corrected chi connectivity index (χ1v) is 6.65. The molecular weight excluding hydrogens is 226 g/mol. The van der Waals surface area contributed by atoms with Crippen molar-refractivity contribution in [2.24, 2.45) is 5.92 Å². The van der Waals surface area contributed by atoms with E-state index in [9.17, 15) is 9.90 Å². The van der Waals surface area contributed by atoms with Crippen molar-refractivity contribution in [1.29, 1.82) is 0 Å². The average Bonchev–Trinajstić information content (AvgIpc) is 2.91. The predicted molar refractivity (Wildman–Crippen MR) is 71.0 cm³/mol. The molecule has 1 atom stereocenters. The van der Waals surface area contributed by atoms with E-state index in [0.29, 0.717) is 0 Å². The Kier molecular flexibility index (Phi) is 4.02. The maximum Gasteiger partial charge on any atom is 0.223 e. The fourth-order valence-electron chi connectivity index (χ4n) is 2.49. The molecule has 0 spiro atoms. The maximum absolute atomic E-state index is 11.9. The molecule has 2 rings (SSSR count). The molecule has 1 saturated carbocycles. The third-order valence-electron chi connectivity index (χ3n) is 3.73. The fourth-order valence-corrected chi connectivity index (χ4v) is 2.49. The van der Waals surface area contributed by atoms with Gasteiger partial charge in [0.05, 0.1) is 6.54 Å². The Hall–Kier alpha value is -1.35. The molecule has 2 N–H and O–H groups in total. The summed E-state index contributed by atoms with van der Waals surface area (Å²) in [6.45, 7) is 2.00. The minimum atomic E-state index is -1.00. The highest BCUT2D eigenvalue weighted by Crippen LogP contribution is 2.25. The lowest BCUT2D eigenvalue weighted by atomic mass is 9.95. The molecule has 3 heteroatoms. The minimum absolute atomic E-state index is 0.0868. The molecule has 1 amide bonds. The van der Waals surface area contributed by atoms with Crippen LogP contribution in [0.3, 0.4) is 0 Å². The molecule has 1 fully saturated rings. The molecule has 3 nitrogen and oxygen atoms in total. The number of benzene rings is 1. The van der Waals surface area contributed by atoms with Crippen LogP contribution < -0.4 is 5.32 Å². The third kappa shape index (κ3) is 3.10. The molecule has 1 aromatic carbocycles. The Morgan fingerprint density at radius 2 is 1.94 bits per heavy atom. The molecule has 1 aliphatic rings. The van der Waals surface area contributed by atoms with Gasteiger partial charge in [-0.3, -0.25) is 4.79 Å². The van der Waals surface area contributed by atoms with Crippen molar-refractivity contribution in [3.8, 4) is 0 Å². The van der Waals surface area contributed by atoms with Gasteiger partial charge in [0.15, 0.2) is 0 Å². The molecule has 0 heterocycles.